The van der Waals surface area contributed by atoms with E-state index < -0.39 is 263 Å². The summed E-state index contributed by atoms with van der Waals surface area (Å²) >= 11 is 0. The topological polar surface area (TPSA) is 532 Å². The van der Waals surface area contributed by atoms with Crippen molar-refractivity contribution in [2.45, 2.75) is 303 Å². The molecule has 0 bridgehead atoms. The zero-order valence-corrected chi connectivity index (χ0v) is 56.8. The molecule has 33 heteroatoms. The number of allylic oxidation sites excluding steroid dienone is 2. The maximum atomic E-state index is 15.4. The summed E-state index contributed by atoms with van der Waals surface area (Å²) in [7, 11) is 0. The van der Waals surface area contributed by atoms with Crippen molar-refractivity contribution in [3.8, 4) is 0 Å². The highest BCUT2D eigenvalue weighted by Crippen LogP contribution is 2.76. The molecule has 39 atom stereocenters. The number of carbonyl (C=O) groups is 1. The van der Waals surface area contributed by atoms with Gasteiger partial charge in [-0.1, -0.05) is 53.2 Å². The zero-order chi connectivity index (χ0) is 72.3. The molecule has 0 unspecified atom stereocenters. The number of hydrogen-bond acceptors (Lipinski definition) is 33. The summed E-state index contributed by atoms with van der Waals surface area (Å²) in [4.78, 5) is 15.4. The van der Waals surface area contributed by atoms with Gasteiger partial charge in [0.1, 0.15) is 140 Å². The van der Waals surface area contributed by atoms with Crippen molar-refractivity contribution in [3.63, 3.8) is 0 Å². The van der Waals surface area contributed by atoms with Crippen molar-refractivity contribution in [3.05, 3.63) is 11.6 Å². The van der Waals surface area contributed by atoms with Gasteiger partial charge >= 0.3 is 5.97 Å². The van der Waals surface area contributed by atoms with Crippen LogP contribution in [-0.2, 0) is 61.6 Å². The number of aliphatic hydroxyl groups is 20. The van der Waals surface area contributed by atoms with E-state index in [1.165, 1.54) is 6.92 Å². The summed E-state index contributed by atoms with van der Waals surface area (Å²) in [6.07, 6.45) is -45.8. The van der Waals surface area contributed by atoms with E-state index in [9.17, 15) is 102 Å². The van der Waals surface area contributed by atoms with E-state index in [1.807, 2.05) is 6.92 Å². The van der Waals surface area contributed by atoms with E-state index in [4.69, 9.17) is 56.8 Å². The van der Waals surface area contributed by atoms with Crippen LogP contribution in [0.4, 0.5) is 0 Å². The van der Waals surface area contributed by atoms with Gasteiger partial charge in [-0.2, -0.15) is 0 Å². The van der Waals surface area contributed by atoms with Crippen LogP contribution in [-0.4, -0.2) is 338 Å². The Balaban J connectivity index is 0.811. The second-order valence-electron chi connectivity index (χ2n) is 31.8. The van der Waals surface area contributed by atoms with Gasteiger partial charge in [0.05, 0.1) is 57.3 Å². The summed E-state index contributed by atoms with van der Waals surface area (Å²) in [6.45, 7) is 9.93. The van der Waals surface area contributed by atoms with Crippen molar-refractivity contribution >= 4 is 5.97 Å². The van der Waals surface area contributed by atoms with Gasteiger partial charge in [-0.05, 0) is 111 Å². The van der Waals surface area contributed by atoms with Crippen molar-refractivity contribution in [2.24, 2.45) is 50.2 Å². The van der Waals surface area contributed by atoms with E-state index in [0.29, 0.717) is 57.8 Å². The molecule has 0 amide bonds. The summed E-state index contributed by atoms with van der Waals surface area (Å²) in [6, 6.07) is 0. The van der Waals surface area contributed by atoms with Crippen LogP contribution in [0.2, 0.25) is 0 Å². The van der Waals surface area contributed by atoms with Crippen LogP contribution in [0.15, 0.2) is 11.6 Å². The van der Waals surface area contributed by atoms with Crippen LogP contribution < -0.4 is 0 Å². The molecule has 11 rings (SSSR count). The molecule has 6 aliphatic heterocycles. The average molecular weight is 1430 g/mol. The molecule has 6 heterocycles. The minimum atomic E-state index is -2.01. The van der Waals surface area contributed by atoms with E-state index in [2.05, 4.69) is 40.7 Å². The third-order valence-corrected chi connectivity index (χ3v) is 25.7. The van der Waals surface area contributed by atoms with E-state index in [1.54, 1.807) is 0 Å². The Morgan fingerprint density at radius 2 is 0.939 bits per heavy atom. The minimum Gasteiger partial charge on any atom is -0.432 e. The first-order chi connectivity index (χ1) is 46.5. The van der Waals surface area contributed by atoms with Crippen LogP contribution in [0.5, 0.6) is 0 Å². The number of aliphatic hydroxyl groups excluding tert-OH is 20. The minimum absolute atomic E-state index is 0.0238. The van der Waals surface area contributed by atoms with Gasteiger partial charge in [0.2, 0.25) is 6.29 Å². The molecule has 0 radical (unpaired) electrons. The predicted molar refractivity (Wildman–Crippen MR) is 328 cm³/mol. The molecule has 0 aromatic heterocycles. The number of rotatable bonds is 18. The quantitative estimate of drug-likeness (QED) is 0.0345. The van der Waals surface area contributed by atoms with Crippen LogP contribution >= 0.6 is 0 Å². The predicted octanol–water partition coefficient (Wildman–Crippen LogP) is -6.39. The maximum absolute atomic E-state index is 15.4. The molecule has 0 spiro atoms. The first kappa shape index (κ1) is 78.1. The van der Waals surface area contributed by atoms with Gasteiger partial charge in [0, 0.05) is 5.41 Å². The zero-order valence-electron chi connectivity index (χ0n) is 56.8. The third-order valence-electron chi connectivity index (χ3n) is 25.7. The average Bonchev–Trinajstić information content (AvgIpc) is 0.675. The van der Waals surface area contributed by atoms with E-state index in [0.717, 1.165) is 5.57 Å². The van der Waals surface area contributed by atoms with Crippen molar-refractivity contribution < 1.29 is 164 Å². The number of hydrogen-bond donors (Lipinski definition) is 20. The summed E-state index contributed by atoms with van der Waals surface area (Å²) in [5, 5.41) is 218. The molecule has 570 valence electrons. The fourth-order valence-corrected chi connectivity index (χ4v) is 19.3. The molecule has 99 heavy (non-hydrogen) atoms. The molecule has 0 aromatic rings. The molecule has 20 N–H and O–H groups in total. The van der Waals surface area contributed by atoms with Gasteiger partial charge in [0.15, 0.2) is 31.5 Å². The Labute approximate surface area is 572 Å². The lowest BCUT2D eigenvalue weighted by atomic mass is 9.33. The van der Waals surface area contributed by atoms with Gasteiger partial charge in [-0.25, -0.2) is 0 Å². The molecule has 11 aliphatic rings. The lowest BCUT2D eigenvalue weighted by Crippen LogP contribution is -2.69. The van der Waals surface area contributed by atoms with Crippen molar-refractivity contribution in [1.29, 1.82) is 0 Å². The number of fused-ring (bicyclic) bond motifs is 7. The normalized spacial score (nSPS) is 54.6. The van der Waals surface area contributed by atoms with Crippen LogP contribution in [0.1, 0.15) is 113 Å². The van der Waals surface area contributed by atoms with Crippen molar-refractivity contribution in [2.75, 3.05) is 39.6 Å². The molecular formula is C66H108O33. The van der Waals surface area contributed by atoms with Gasteiger partial charge in [-0.3, -0.25) is 4.79 Å². The fourth-order valence-electron chi connectivity index (χ4n) is 19.3. The molecule has 33 nitrogen and oxygen atoms in total. The highest BCUT2D eigenvalue weighted by atomic mass is 16.8. The second kappa shape index (κ2) is 29.6. The number of carbonyl (C=O) groups excluding carboxylic acids is 1. The summed E-state index contributed by atoms with van der Waals surface area (Å²) in [5.74, 6) is -1.34. The van der Waals surface area contributed by atoms with Crippen LogP contribution in [0.3, 0.4) is 0 Å². The van der Waals surface area contributed by atoms with Crippen LogP contribution in [0.25, 0.3) is 0 Å². The lowest BCUT2D eigenvalue weighted by Gasteiger charge is -2.71. The number of esters is 1. The Hall–Kier alpha value is -2.03. The summed E-state index contributed by atoms with van der Waals surface area (Å²) < 4.78 is 72.1. The van der Waals surface area contributed by atoms with Gasteiger partial charge in [-0.15, -0.1) is 0 Å². The summed E-state index contributed by atoms with van der Waals surface area (Å²) in [5.41, 5.74) is -2.83. The highest BCUT2D eigenvalue weighted by molar-refractivity contribution is 5.79. The Kier molecular flexibility index (Phi) is 23.3. The van der Waals surface area contributed by atoms with Crippen LogP contribution in [0, 0.1) is 50.2 Å². The van der Waals surface area contributed by atoms with E-state index >= 15 is 4.79 Å². The first-order valence-corrected chi connectivity index (χ1v) is 34.9. The molecule has 0 aromatic carbocycles. The smallest absolute Gasteiger partial charge is 0.315 e. The fraction of sp³-hybridized carbons (Fsp3) is 0.955. The SMILES string of the molecule is C[C@@H]1O[C@@H](O[C@H]2[C@H](O)[C@@H](O)[C@H](OC[C@H]3O[C@@H](OC(=O)[C@]45CCC(C)(C)C[C@H]4C4=CC[C@@H]6[C@@]7(C)CC[C@H](O[C@@H]8O[C@H](CO)[C@@H](O)[C@H](O[C@@H]9O[C@H](CO)[C@@H](O)[C@H](O)[C@H]9O)[C@H]8O[C@@H]8O[C@H](CO)[C@@H](O)[C@H](O)[C@H]8O)[C@@](C)(CO)[C@@H]7CC[C@@]6(C)[C@]4(C)CC5)[C@H](O)[C@@H](O)[C@@H]3O)O[C@@H]2CO)[C@H](O)[C@H](O)[C@H]1O. The van der Waals surface area contributed by atoms with Gasteiger partial charge in [0.25, 0.3) is 0 Å². The molecule has 10 fully saturated rings. The molecule has 4 saturated carbocycles. The standard InChI is InChI=1S/C66H108O33/c1-25-36(72)41(77)46(82)55(89-25)96-51-31(22-70)93-54(50(86)45(51)81)88-23-32-39(75)44(80)49(85)58(94-32)99-60(87)66-16-14-61(2,3)18-27(66)26-8-9-34-62(4)12-11-35(63(5,24-71)33(62)10-13-65(34,7)64(26,6)15-17-66)95-59-53(98-57-48(84)43(79)38(74)29(20-68)91-57)52(40(76)30(21-69)92-59)97-56-47(83)42(78)37(73)28(19-67)90-56/h8,25,27-59,67-86H,9-24H2,1-7H3/t25-,27-,28+,29+,30+,31+,32+,33+,34+,35-,36-,37+,38+,39+,40+,41+,42-,43-,44-,45+,46+,47+,48+,49+,50+,51+,52-,53+,54+,55-,56-,57-,58-,59-,62-,63-,64+,65+,66-/m0/s1. The monoisotopic (exact) mass is 1430 g/mol. The molecule has 5 aliphatic carbocycles. The Morgan fingerprint density at radius 3 is 1.53 bits per heavy atom. The maximum Gasteiger partial charge on any atom is 0.315 e. The first-order valence-electron chi connectivity index (χ1n) is 34.9. The van der Waals surface area contributed by atoms with Crippen molar-refractivity contribution in [1.82, 2.24) is 0 Å². The third kappa shape index (κ3) is 13.5. The lowest BCUT2D eigenvalue weighted by molar-refractivity contribution is -0.400. The number of ether oxygens (including phenoxy) is 12. The van der Waals surface area contributed by atoms with Gasteiger partial charge < -0.3 is 159 Å². The Bertz CT molecular complexity index is 2770. The van der Waals surface area contributed by atoms with E-state index in [-0.39, 0.29) is 29.6 Å². The second-order valence-corrected chi connectivity index (χ2v) is 31.8. The molecule has 6 saturated heterocycles. The highest BCUT2D eigenvalue weighted by Gasteiger charge is 2.71. The molecular weight excluding hydrogens is 1320 g/mol. The Morgan fingerprint density at radius 1 is 0.455 bits per heavy atom. The largest absolute Gasteiger partial charge is 0.432 e.